The normalized spacial score (nSPS) is 10.9. The Kier molecular flexibility index (Phi) is 5.29. The van der Waals surface area contributed by atoms with Crippen LogP contribution >= 0.6 is 12.2 Å². The molecule has 4 nitrogen and oxygen atoms in total. The quantitative estimate of drug-likeness (QED) is 0.516. The maximum absolute atomic E-state index is 5.21. The van der Waals surface area contributed by atoms with Crippen molar-refractivity contribution in [1.29, 1.82) is 0 Å². The van der Waals surface area contributed by atoms with Crippen LogP contribution in [0.1, 0.15) is 12.5 Å². The zero-order valence-electron chi connectivity index (χ0n) is 12.0. The van der Waals surface area contributed by atoms with E-state index in [-0.39, 0.29) is 0 Å². The second kappa shape index (κ2) is 7.40. The van der Waals surface area contributed by atoms with Gasteiger partial charge in [0.1, 0.15) is 5.75 Å². The Balaban J connectivity index is 1.92. The van der Waals surface area contributed by atoms with Crippen LogP contribution in [0, 0.1) is 0 Å². The first-order chi connectivity index (χ1) is 10.2. The minimum atomic E-state index is 0.440. The first-order valence-corrected chi connectivity index (χ1v) is 6.90. The molecule has 5 heteroatoms. The van der Waals surface area contributed by atoms with E-state index in [4.69, 9.17) is 17.0 Å². The van der Waals surface area contributed by atoms with E-state index in [1.54, 1.807) is 7.11 Å². The predicted molar refractivity (Wildman–Crippen MR) is 91.0 cm³/mol. The highest BCUT2D eigenvalue weighted by atomic mass is 32.1. The molecule has 2 aromatic rings. The molecule has 0 amide bonds. The summed E-state index contributed by atoms with van der Waals surface area (Å²) in [7, 11) is 1.63. The molecule has 0 aliphatic heterocycles. The van der Waals surface area contributed by atoms with Gasteiger partial charge in [-0.25, -0.2) is 0 Å². The fourth-order valence-corrected chi connectivity index (χ4v) is 1.88. The van der Waals surface area contributed by atoms with Crippen LogP contribution in [0.5, 0.6) is 5.75 Å². The van der Waals surface area contributed by atoms with E-state index in [2.05, 4.69) is 15.8 Å². The molecule has 0 heterocycles. The van der Waals surface area contributed by atoms with Crippen molar-refractivity contribution >= 4 is 28.7 Å². The lowest BCUT2D eigenvalue weighted by Gasteiger charge is -2.08. The number of thiocarbonyl (C=S) groups is 1. The first kappa shape index (κ1) is 15.0. The smallest absolute Gasteiger partial charge is 0.191 e. The number of hydrogen-bond donors (Lipinski definition) is 2. The molecular weight excluding hydrogens is 282 g/mol. The highest BCUT2D eigenvalue weighted by molar-refractivity contribution is 7.80. The van der Waals surface area contributed by atoms with Gasteiger partial charge in [-0.05, 0) is 49.0 Å². The summed E-state index contributed by atoms with van der Waals surface area (Å²) in [5, 5.41) is 7.76. The second-order valence-electron chi connectivity index (χ2n) is 4.36. The maximum atomic E-state index is 5.21. The van der Waals surface area contributed by atoms with Gasteiger partial charge in [0, 0.05) is 5.69 Å². The molecule has 0 bridgehead atoms. The monoisotopic (exact) mass is 299 g/mol. The van der Waals surface area contributed by atoms with Crippen molar-refractivity contribution in [2.45, 2.75) is 6.92 Å². The summed E-state index contributed by atoms with van der Waals surface area (Å²) in [5.41, 5.74) is 5.63. The third-order valence-corrected chi connectivity index (χ3v) is 3.06. The van der Waals surface area contributed by atoms with Gasteiger partial charge in [-0.15, -0.1) is 0 Å². The molecule has 0 aliphatic carbocycles. The second-order valence-corrected chi connectivity index (χ2v) is 4.77. The number of nitrogens with zero attached hydrogens (tertiary/aromatic N) is 1. The molecule has 0 unspecified atom stereocenters. The Morgan fingerprint density at radius 1 is 1.05 bits per heavy atom. The van der Waals surface area contributed by atoms with Gasteiger partial charge in [0.15, 0.2) is 5.11 Å². The largest absolute Gasteiger partial charge is 0.497 e. The van der Waals surface area contributed by atoms with E-state index in [0.29, 0.717) is 5.11 Å². The van der Waals surface area contributed by atoms with Crippen molar-refractivity contribution < 1.29 is 4.74 Å². The zero-order valence-corrected chi connectivity index (χ0v) is 12.8. The van der Waals surface area contributed by atoms with E-state index >= 15 is 0 Å². The third kappa shape index (κ3) is 4.57. The topological polar surface area (TPSA) is 45.6 Å². The number of nitrogens with one attached hydrogen (secondary N) is 2. The average Bonchev–Trinajstić information content (AvgIpc) is 2.54. The molecule has 0 radical (unpaired) electrons. The van der Waals surface area contributed by atoms with Gasteiger partial charge >= 0.3 is 0 Å². The molecule has 0 saturated carbocycles. The fraction of sp³-hybridized carbons (Fsp3) is 0.125. The highest BCUT2D eigenvalue weighted by Gasteiger charge is 1.99. The molecule has 0 spiro atoms. The molecule has 2 N–H and O–H groups in total. The van der Waals surface area contributed by atoms with E-state index in [1.165, 1.54) is 0 Å². The molecule has 0 atom stereocenters. The van der Waals surface area contributed by atoms with Crippen molar-refractivity contribution in [2.24, 2.45) is 5.10 Å². The Bertz CT molecular complexity index is 624. The van der Waals surface area contributed by atoms with Crippen LogP contribution in [0.25, 0.3) is 0 Å². The molecule has 21 heavy (non-hydrogen) atoms. The van der Waals surface area contributed by atoms with E-state index in [0.717, 1.165) is 22.7 Å². The predicted octanol–water partition coefficient (Wildman–Crippen LogP) is 3.41. The van der Waals surface area contributed by atoms with Gasteiger partial charge in [0.25, 0.3) is 0 Å². The number of hydrazone groups is 1. The van der Waals surface area contributed by atoms with E-state index in [9.17, 15) is 0 Å². The van der Waals surface area contributed by atoms with Gasteiger partial charge in [-0.2, -0.15) is 5.10 Å². The lowest BCUT2D eigenvalue weighted by Crippen LogP contribution is -2.24. The van der Waals surface area contributed by atoms with Crippen molar-refractivity contribution in [2.75, 3.05) is 12.4 Å². The summed E-state index contributed by atoms with van der Waals surface area (Å²) in [6.07, 6.45) is 0. The summed E-state index contributed by atoms with van der Waals surface area (Å²) in [4.78, 5) is 0. The van der Waals surface area contributed by atoms with Gasteiger partial charge in [0.05, 0.1) is 12.8 Å². The lowest BCUT2D eigenvalue weighted by atomic mass is 10.1. The molecule has 0 fully saturated rings. The van der Waals surface area contributed by atoms with Crippen LogP contribution in [-0.2, 0) is 0 Å². The summed E-state index contributed by atoms with van der Waals surface area (Å²) in [6.45, 7) is 1.93. The van der Waals surface area contributed by atoms with Crippen molar-refractivity contribution in [3.05, 3.63) is 60.2 Å². The Morgan fingerprint density at radius 3 is 2.33 bits per heavy atom. The number of ether oxygens (including phenoxy) is 1. The van der Waals surface area contributed by atoms with Gasteiger partial charge in [-0.1, -0.05) is 30.3 Å². The van der Waals surface area contributed by atoms with E-state index in [1.807, 2.05) is 61.5 Å². The first-order valence-electron chi connectivity index (χ1n) is 6.50. The molecule has 2 aromatic carbocycles. The van der Waals surface area contributed by atoms with Crippen LogP contribution in [0.15, 0.2) is 59.7 Å². The zero-order chi connectivity index (χ0) is 15.1. The van der Waals surface area contributed by atoms with Gasteiger partial charge in [0.2, 0.25) is 0 Å². The molecule has 0 aliphatic rings. The fourth-order valence-electron chi connectivity index (χ4n) is 1.71. The number of rotatable bonds is 4. The summed E-state index contributed by atoms with van der Waals surface area (Å²) >= 11 is 5.21. The number of hydrogen-bond acceptors (Lipinski definition) is 3. The minimum absolute atomic E-state index is 0.440. The SMILES string of the molecule is COc1ccc(NC(=S)N/N=C(\C)c2ccccc2)cc1. The number of anilines is 1. The van der Waals surface area contributed by atoms with Gasteiger partial charge < -0.3 is 10.1 Å². The van der Waals surface area contributed by atoms with Crippen LogP contribution in [-0.4, -0.2) is 17.9 Å². The highest BCUT2D eigenvalue weighted by Crippen LogP contribution is 2.14. The molecule has 108 valence electrons. The van der Waals surface area contributed by atoms with Crippen LogP contribution < -0.4 is 15.5 Å². The molecular formula is C16H17N3OS. The third-order valence-electron chi connectivity index (χ3n) is 2.86. The Morgan fingerprint density at radius 2 is 1.71 bits per heavy atom. The van der Waals surface area contributed by atoms with Crippen molar-refractivity contribution in [1.82, 2.24) is 5.43 Å². The molecule has 2 rings (SSSR count). The maximum Gasteiger partial charge on any atom is 0.191 e. The Hall–Kier alpha value is -2.40. The summed E-state index contributed by atoms with van der Waals surface area (Å²) in [5.74, 6) is 0.803. The van der Waals surface area contributed by atoms with Crippen LogP contribution in [0.2, 0.25) is 0 Å². The summed E-state index contributed by atoms with van der Waals surface area (Å²) in [6, 6.07) is 17.4. The van der Waals surface area contributed by atoms with Crippen molar-refractivity contribution in [3.63, 3.8) is 0 Å². The number of methoxy groups -OCH3 is 1. The van der Waals surface area contributed by atoms with E-state index < -0.39 is 0 Å². The van der Waals surface area contributed by atoms with Gasteiger partial charge in [-0.3, -0.25) is 5.43 Å². The molecule has 0 aromatic heterocycles. The van der Waals surface area contributed by atoms with Crippen LogP contribution in [0.4, 0.5) is 5.69 Å². The average molecular weight is 299 g/mol. The van der Waals surface area contributed by atoms with Crippen molar-refractivity contribution in [3.8, 4) is 5.75 Å². The molecule has 0 saturated heterocycles. The summed E-state index contributed by atoms with van der Waals surface area (Å²) < 4.78 is 5.10. The standard InChI is InChI=1S/C16H17N3OS/c1-12(13-6-4-3-5-7-13)18-19-16(21)17-14-8-10-15(20-2)11-9-14/h3-11H,1-2H3,(H2,17,19,21)/b18-12+. The number of benzene rings is 2. The minimum Gasteiger partial charge on any atom is -0.497 e. The van der Waals surface area contributed by atoms with Crippen LogP contribution in [0.3, 0.4) is 0 Å². The lowest BCUT2D eigenvalue weighted by molar-refractivity contribution is 0.415. The Labute approximate surface area is 129 Å².